The van der Waals surface area contributed by atoms with Gasteiger partial charge in [-0.2, -0.15) is 0 Å². The van der Waals surface area contributed by atoms with E-state index in [4.69, 9.17) is 10.5 Å². The molecule has 3 N–H and O–H groups in total. The molecule has 100 valence electrons. The van der Waals surface area contributed by atoms with E-state index in [9.17, 15) is 4.79 Å². The number of amides is 1. The zero-order valence-electron chi connectivity index (χ0n) is 10.8. The third-order valence-corrected chi connectivity index (χ3v) is 2.91. The van der Waals surface area contributed by atoms with Crippen LogP contribution in [0.2, 0.25) is 0 Å². The van der Waals surface area contributed by atoms with Crippen molar-refractivity contribution < 1.29 is 9.53 Å². The zero-order chi connectivity index (χ0) is 13.5. The fourth-order valence-electron chi connectivity index (χ4n) is 1.61. The highest BCUT2D eigenvalue weighted by atomic mass is 79.9. The van der Waals surface area contributed by atoms with Gasteiger partial charge in [0.15, 0.2) is 6.61 Å². The van der Waals surface area contributed by atoms with E-state index in [1.807, 2.05) is 26.0 Å². The molecule has 0 saturated heterocycles. The standard InChI is InChI=1S/C13H19BrN2O2/c1-3-4-16-12(17)8-18-13-9(2)5-11(14)6-10(13)7-15/h5-6H,3-4,7-8,15H2,1-2H3,(H,16,17). The van der Waals surface area contributed by atoms with Crippen LogP contribution in [0.4, 0.5) is 0 Å². The van der Waals surface area contributed by atoms with Crippen molar-refractivity contribution in [1.82, 2.24) is 5.32 Å². The van der Waals surface area contributed by atoms with Crippen LogP contribution in [0.1, 0.15) is 24.5 Å². The predicted octanol–water partition coefficient (Wildman–Crippen LogP) is 2.12. The number of hydrogen-bond acceptors (Lipinski definition) is 3. The number of benzene rings is 1. The summed E-state index contributed by atoms with van der Waals surface area (Å²) in [5.74, 6) is 0.592. The number of nitrogens with one attached hydrogen (secondary N) is 1. The van der Waals surface area contributed by atoms with E-state index in [0.717, 1.165) is 22.0 Å². The molecule has 18 heavy (non-hydrogen) atoms. The van der Waals surface area contributed by atoms with Gasteiger partial charge in [0.2, 0.25) is 0 Å². The van der Waals surface area contributed by atoms with Crippen LogP contribution in [-0.2, 0) is 11.3 Å². The SMILES string of the molecule is CCCNC(=O)COc1c(C)cc(Br)cc1CN. The molecule has 1 amide bonds. The molecule has 0 saturated carbocycles. The first-order valence-corrected chi connectivity index (χ1v) is 6.76. The first kappa shape index (κ1) is 15.0. The van der Waals surface area contributed by atoms with E-state index < -0.39 is 0 Å². The van der Waals surface area contributed by atoms with Crippen molar-refractivity contribution in [2.45, 2.75) is 26.8 Å². The smallest absolute Gasteiger partial charge is 0.257 e. The first-order chi connectivity index (χ1) is 8.58. The molecule has 0 aromatic heterocycles. The Morgan fingerprint density at radius 1 is 1.50 bits per heavy atom. The monoisotopic (exact) mass is 314 g/mol. The summed E-state index contributed by atoms with van der Waals surface area (Å²) in [5.41, 5.74) is 7.53. The van der Waals surface area contributed by atoms with Gasteiger partial charge in [-0.15, -0.1) is 0 Å². The molecule has 0 aliphatic rings. The van der Waals surface area contributed by atoms with Crippen molar-refractivity contribution in [3.05, 3.63) is 27.7 Å². The van der Waals surface area contributed by atoms with Crippen molar-refractivity contribution in [1.29, 1.82) is 0 Å². The van der Waals surface area contributed by atoms with Crippen LogP contribution in [0.25, 0.3) is 0 Å². The van der Waals surface area contributed by atoms with Crippen molar-refractivity contribution >= 4 is 21.8 Å². The molecular weight excluding hydrogens is 296 g/mol. The Morgan fingerprint density at radius 2 is 2.22 bits per heavy atom. The Bertz CT molecular complexity index is 422. The maximum Gasteiger partial charge on any atom is 0.257 e. The molecule has 1 rings (SSSR count). The Kier molecular flexibility index (Phi) is 6.15. The summed E-state index contributed by atoms with van der Waals surface area (Å²) in [6, 6.07) is 3.85. The lowest BCUT2D eigenvalue weighted by Crippen LogP contribution is -2.29. The number of nitrogens with two attached hydrogens (primary N) is 1. The Hall–Kier alpha value is -1.07. The van der Waals surface area contributed by atoms with Crippen molar-refractivity contribution in [2.75, 3.05) is 13.2 Å². The molecule has 5 heteroatoms. The highest BCUT2D eigenvalue weighted by molar-refractivity contribution is 9.10. The van der Waals surface area contributed by atoms with E-state index in [1.54, 1.807) is 0 Å². The quantitative estimate of drug-likeness (QED) is 0.845. The number of aryl methyl sites for hydroxylation is 1. The molecule has 0 atom stereocenters. The predicted molar refractivity (Wildman–Crippen MR) is 75.6 cm³/mol. The minimum Gasteiger partial charge on any atom is -0.483 e. The molecule has 4 nitrogen and oxygen atoms in total. The van der Waals surface area contributed by atoms with Gasteiger partial charge in [-0.3, -0.25) is 4.79 Å². The van der Waals surface area contributed by atoms with E-state index in [2.05, 4.69) is 21.2 Å². The van der Waals surface area contributed by atoms with Crippen LogP contribution in [0.15, 0.2) is 16.6 Å². The lowest BCUT2D eigenvalue weighted by Gasteiger charge is -2.13. The molecule has 1 aromatic carbocycles. The summed E-state index contributed by atoms with van der Waals surface area (Å²) in [4.78, 5) is 11.5. The maximum absolute atomic E-state index is 11.5. The van der Waals surface area contributed by atoms with E-state index in [1.165, 1.54) is 0 Å². The fourth-order valence-corrected chi connectivity index (χ4v) is 2.23. The normalized spacial score (nSPS) is 10.2. The number of hydrogen-bond donors (Lipinski definition) is 2. The van der Waals surface area contributed by atoms with Crippen molar-refractivity contribution in [3.63, 3.8) is 0 Å². The molecule has 0 spiro atoms. The Morgan fingerprint density at radius 3 is 2.83 bits per heavy atom. The molecule has 0 bridgehead atoms. The molecule has 0 heterocycles. The Labute approximate surface area is 116 Å². The van der Waals surface area contributed by atoms with E-state index in [0.29, 0.717) is 18.8 Å². The summed E-state index contributed by atoms with van der Waals surface area (Å²) in [5, 5.41) is 2.77. The summed E-state index contributed by atoms with van der Waals surface area (Å²) in [6.07, 6.45) is 0.914. The topological polar surface area (TPSA) is 64.3 Å². The highest BCUT2D eigenvalue weighted by Gasteiger charge is 2.10. The summed E-state index contributed by atoms with van der Waals surface area (Å²) in [6.45, 7) is 5.02. The first-order valence-electron chi connectivity index (χ1n) is 5.97. The largest absolute Gasteiger partial charge is 0.483 e. The summed E-state index contributed by atoms with van der Waals surface area (Å²) < 4.78 is 6.52. The van der Waals surface area contributed by atoms with Gasteiger partial charge < -0.3 is 15.8 Å². The number of rotatable bonds is 6. The van der Waals surface area contributed by atoms with Gasteiger partial charge in [-0.05, 0) is 31.0 Å². The van der Waals surface area contributed by atoms with Gasteiger partial charge >= 0.3 is 0 Å². The summed E-state index contributed by atoms with van der Waals surface area (Å²) >= 11 is 3.41. The maximum atomic E-state index is 11.5. The Balaban J connectivity index is 2.69. The highest BCUT2D eigenvalue weighted by Crippen LogP contribution is 2.27. The number of ether oxygens (including phenoxy) is 1. The lowest BCUT2D eigenvalue weighted by molar-refractivity contribution is -0.123. The van der Waals surface area contributed by atoms with Gasteiger partial charge in [0.05, 0.1) is 0 Å². The van der Waals surface area contributed by atoms with Gasteiger partial charge in [0.25, 0.3) is 5.91 Å². The average molecular weight is 315 g/mol. The molecule has 0 aliphatic carbocycles. The van der Waals surface area contributed by atoms with Crippen LogP contribution in [-0.4, -0.2) is 19.1 Å². The van der Waals surface area contributed by atoms with Gasteiger partial charge in [-0.25, -0.2) is 0 Å². The van der Waals surface area contributed by atoms with Gasteiger partial charge in [0.1, 0.15) is 5.75 Å². The second-order valence-electron chi connectivity index (χ2n) is 4.05. The third-order valence-electron chi connectivity index (χ3n) is 2.46. The average Bonchev–Trinajstić information content (AvgIpc) is 2.34. The second-order valence-corrected chi connectivity index (χ2v) is 4.97. The minimum absolute atomic E-state index is 0.0233. The second kappa shape index (κ2) is 7.38. The number of halogens is 1. The van der Waals surface area contributed by atoms with Crippen LogP contribution in [0, 0.1) is 6.92 Å². The van der Waals surface area contributed by atoms with Crippen LogP contribution < -0.4 is 15.8 Å². The van der Waals surface area contributed by atoms with Crippen LogP contribution >= 0.6 is 15.9 Å². The van der Waals surface area contributed by atoms with E-state index in [-0.39, 0.29) is 12.5 Å². The zero-order valence-corrected chi connectivity index (χ0v) is 12.3. The van der Waals surface area contributed by atoms with Gasteiger partial charge in [-0.1, -0.05) is 22.9 Å². The molecule has 0 fully saturated rings. The fraction of sp³-hybridized carbons (Fsp3) is 0.462. The van der Waals surface area contributed by atoms with Crippen LogP contribution in [0.5, 0.6) is 5.75 Å². The molecule has 0 unspecified atom stereocenters. The molecular formula is C13H19BrN2O2. The van der Waals surface area contributed by atoms with Gasteiger partial charge in [0, 0.05) is 23.1 Å². The summed E-state index contributed by atoms with van der Waals surface area (Å²) in [7, 11) is 0. The lowest BCUT2D eigenvalue weighted by atomic mass is 10.1. The molecule has 1 aromatic rings. The minimum atomic E-state index is -0.109. The molecule has 0 radical (unpaired) electrons. The van der Waals surface area contributed by atoms with Crippen molar-refractivity contribution in [2.24, 2.45) is 5.73 Å². The molecule has 0 aliphatic heterocycles. The number of carbonyl (C=O) groups excluding carboxylic acids is 1. The number of carbonyl (C=O) groups is 1. The third kappa shape index (κ3) is 4.31. The van der Waals surface area contributed by atoms with Crippen LogP contribution in [0.3, 0.4) is 0 Å². The van der Waals surface area contributed by atoms with Crippen molar-refractivity contribution in [3.8, 4) is 5.75 Å². The van der Waals surface area contributed by atoms with E-state index >= 15 is 0 Å².